The van der Waals surface area contributed by atoms with Crippen LogP contribution in [-0.4, -0.2) is 49.6 Å². The summed E-state index contributed by atoms with van der Waals surface area (Å²) < 4.78 is 5.57. The number of hydrogen-bond acceptors (Lipinski definition) is 3. The molecular formula is C10H21N3O. The number of rotatable bonds is 4. The van der Waals surface area contributed by atoms with Crippen molar-refractivity contribution >= 4 is 5.84 Å². The van der Waals surface area contributed by atoms with E-state index in [9.17, 15) is 0 Å². The molecule has 1 aliphatic rings. The molecule has 14 heavy (non-hydrogen) atoms. The van der Waals surface area contributed by atoms with Gasteiger partial charge in [0.2, 0.25) is 0 Å². The van der Waals surface area contributed by atoms with E-state index in [0.29, 0.717) is 5.84 Å². The van der Waals surface area contributed by atoms with Crippen LogP contribution < -0.4 is 5.73 Å². The third-order valence-corrected chi connectivity index (χ3v) is 2.36. The minimum Gasteiger partial charge on any atom is -0.385 e. The second-order valence-electron chi connectivity index (χ2n) is 3.56. The van der Waals surface area contributed by atoms with E-state index < -0.39 is 0 Å². The van der Waals surface area contributed by atoms with E-state index in [1.807, 2.05) is 6.92 Å². The minimum absolute atomic E-state index is 0.00949. The summed E-state index contributed by atoms with van der Waals surface area (Å²) in [6, 6.07) is 0. The van der Waals surface area contributed by atoms with Crippen molar-refractivity contribution in [3.05, 3.63) is 0 Å². The zero-order chi connectivity index (χ0) is 10.4. The molecule has 0 aromatic heterocycles. The summed E-state index contributed by atoms with van der Waals surface area (Å²) >= 11 is 0. The van der Waals surface area contributed by atoms with Crippen molar-refractivity contribution in [3.8, 4) is 0 Å². The Balaban J connectivity index is 2.43. The quantitative estimate of drug-likeness (QED) is 0.529. The molecule has 1 rings (SSSR count). The Kier molecular flexibility index (Phi) is 4.90. The van der Waals surface area contributed by atoms with Crippen LogP contribution in [0.2, 0.25) is 0 Å². The van der Waals surface area contributed by atoms with E-state index in [4.69, 9.17) is 10.5 Å². The van der Waals surface area contributed by atoms with Crippen molar-refractivity contribution < 1.29 is 4.74 Å². The summed E-state index contributed by atoms with van der Waals surface area (Å²) in [6.45, 7) is 8.71. The number of nitrogens with zero attached hydrogens (tertiary/aromatic N) is 2. The third kappa shape index (κ3) is 3.27. The molecule has 0 amide bonds. The Morgan fingerprint density at radius 1 is 1.57 bits per heavy atom. The Bertz CT molecular complexity index is 192. The minimum atomic E-state index is 0.00949. The molecule has 0 bridgehead atoms. The molecule has 2 N–H and O–H groups in total. The van der Waals surface area contributed by atoms with Crippen LogP contribution in [0.4, 0.5) is 0 Å². The molecule has 1 unspecified atom stereocenters. The van der Waals surface area contributed by atoms with Gasteiger partial charge in [-0.2, -0.15) is 0 Å². The molecule has 1 aliphatic heterocycles. The molecule has 0 spiro atoms. The lowest BCUT2D eigenvalue weighted by molar-refractivity contribution is 0.00607. The average Bonchev–Trinajstić information content (AvgIpc) is 2.19. The fraction of sp³-hybridized carbons (Fsp3) is 0.900. The lowest BCUT2D eigenvalue weighted by Crippen LogP contribution is -2.48. The normalized spacial score (nSPS) is 25.3. The van der Waals surface area contributed by atoms with E-state index in [1.54, 1.807) is 0 Å². The van der Waals surface area contributed by atoms with Crippen molar-refractivity contribution in [2.24, 2.45) is 10.7 Å². The maximum atomic E-state index is 5.82. The number of ether oxygens (including phenoxy) is 1. The summed E-state index contributed by atoms with van der Waals surface area (Å²) in [4.78, 5) is 6.57. The molecule has 82 valence electrons. The monoisotopic (exact) mass is 199 g/mol. The SMILES string of the molecule is CCCN1CCOC(C(N)=NCC)C1. The molecule has 0 aromatic rings. The molecule has 1 heterocycles. The number of morpholine rings is 1. The standard InChI is InChI=1S/C10H21N3O/c1-3-5-13-6-7-14-9(8-13)10(11)12-4-2/h9H,3-8H2,1-2H3,(H2,11,12). The van der Waals surface area contributed by atoms with Crippen LogP contribution in [0, 0.1) is 0 Å². The number of hydrogen-bond donors (Lipinski definition) is 1. The van der Waals surface area contributed by atoms with Crippen LogP contribution in [0.1, 0.15) is 20.3 Å². The van der Waals surface area contributed by atoms with Gasteiger partial charge in [-0.15, -0.1) is 0 Å². The summed E-state index contributed by atoms with van der Waals surface area (Å²) in [5.41, 5.74) is 5.82. The first-order chi connectivity index (χ1) is 6.77. The molecule has 4 heteroatoms. The topological polar surface area (TPSA) is 50.9 Å². The van der Waals surface area contributed by atoms with Gasteiger partial charge in [0.1, 0.15) is 11.9 Å². The van der Waals surface area contributed by atoms with Crippen molar-refractivity contribution in [2.75, 3.05) is 32.8 Å². The van der Waals surface area contributed by atoms with Crippen molar-refractivity contribution in [1.29, 1.82) is 0 Å². The maximum Gasteiger partial charge on any atom is 0.127 e. The summed E-state index contributed by atoms with van der Waals surface area (Å²) in [5.74, 6) is 0.647. The molecule has 1 atom stereocenters. The van der Waals surface area contributed by atoms with Crippen LogP contribution >= 0.6 is 0 Å². The van der Waals surface area contributed by atoms with Crippen LogP contribution in [0.5, 0.6) is 0 Å². The zero-order valence-corrected chi connectivity index (χ0v) is 9.20. The molecule has 1 fully saturated rings. The first-order valence-corrected chi connectivity index (χ1v) is 5.41. The van der Waals surface area contributed by atoms with Crippen LogP contribution in [0.25, 0.3) is 0 Å². The summed E-state index contributed by atoms with van der Waals surface area (Å²) in [7, 11) is 0. The molecule has 0 radical (unpaired) electrons. The highest BCUT2D eigenvalue weighted by Gasteiger charge is 2.22. The van der Waals surface area contributed by atoms with Gasteiger partial charge in [0.25, 0.3) is 0 Å². The highest BCUT2D eigenvalue weighted by Crippen LogP contribution is 2.05. The molecule has 0 saturated carbocycles. The predicted molar refractivity (Wildman–Crippen MR) is 58.6 cm³/mol. The van der Waals surface area contributed by atoms with Crippen molar-refractivity contribution in [2.45, 2.75) is 26.4 Å². The number of aliphatic imine (C=N–C) groups is 1. The first-order valence-electron chi connectivity index (χ1n) is 5.41. The Hall–Kier alpha value is -0.610. The van der Waals surface area contributed by atoms with Gasteiger partial charge in [0.05, 0.1) is 6.61 Å². The van der Waals surface area contributed by atoms with E-state index in [0.717, 1.165) is 32.8 Å². The third-order valence-electron chi connectivity index (χ3n) is 2.36. The Morgan fingerprint density at radius 3 is 3.00 bits per heavy atom. The molecule has 0 aromatic carbocycles. The predicted octanol–water partition coefficient (Wildman–Crippen LogP) is 0.474. The van der Waals surface area contributed by atoms with Gasteiger partial charge in [0, 0.05) is 19.6 Å². The van der Waals surface area contributed by atoms with Crippen LogP contribution in [-0.2, 0) is 4.74 Å². The van der Waals surface area contributed by atoms with Crippen molar-refractivity contribution in [1.82, 2.24) is 4.90 Å². The lowest BCUT2D eigenvalue weighted by atomic mass is 10.2. The van der Waals surface area contributed by atoms with Gasteiger partial charge >= 0.3 is 0 Å². The molecular weight excluding hydrogens is 178 g/mol. The van der Waals surface area contributed by atoms with E-state index in [1.165, 1.54) is 6.42 Å². The fourth-order valence-electron chi connectivity index (χ4n) is 1.69. The fourth-order valence-corrected chi connectivity index (χ4v) is 1.69. The van der Waals surface area contributed by atoms with E-state index >= 15 is 0 Å². The summed E-state index contributed by atoms with van der Waals surface area (Å²) in [6.07, 6.45) is 1.19. The highest BCUT2D eigenvalue weighted by molar-refractivity contribution is 5.85. The smallest absolute Gasteiger partial charge is 0.127 e. The average molecular weight is 199 g/mol. The number of nitrogens with two attached hydrogens (primary N) is 1. The van der Waals surface area contributed by atoms with E-state index in [-0.39, 0.29) is 6.10 Å². The second kappa shape index (κ2) is 5.98. The largest absolute Gasteiger partial charge is 0.385 e. The summed E-state index contributed by atoms with van der Waals surface area (Å²) in [5, 5.41) is 0. The van der Waals surface area contributed by atoms with Gasteiger partial charge in [-0.25, -0.2) is 0 Å². The van der Waals surface area contributed by atoms with Gasteiger partial charge in [-0.05, 0) is 19.9 Å². The Morgan fingerprint density at radius 2 is 2.36 bits per heavy atom. The maximum absolute atomic E-state index is 5.82. The van der Waals surface area contributed by atoms with Gasteiger partial charge in [-0.3, -0.25) is 9.89 Å². The zero-order valence-electron chi connectivity index (χ0n) is 9.20. The van der Waals surface area contributed by atoms with E-state index in [2.05, 4.69) is 16.8 Å². The van der Waals surface area contributed by atoms with Crippen molar-refractivity contribution in [3.63, 3.8) is 0 Å². The first kappa shape index (κ1) is 11.5. The van der Waals surface area contributed by atoms with Gasteiger partial charge in [0.15, 0.2) is 0 Å². The molecule has 4 nitrogen and oxygen atoms in total. The Labute approximate surface area is 86.1 Å². The molecule has 1 saturated heterocycles. The lowest BCUT2D eigenvalue weighted by Gasteiger charge is -2.32. The van der Waals surface area contributed by atoms with Gasteiger partial charge in [-0.1, -0.05) is 6.92 Å². The van der Waals surface area contributed by atoms with Crippen LogP contribution in [0.3, 0.4) is 0 Å². The second-order valence-corrected chi connectivity index (χ2v) is 3.56. The van der Waals surface area contributed by atoms with Gasteiger partial charge < -0.3 is 10.5 Å². The highest BCUT2D eigenvalue weighted by atomic mass is 16.5. The number of amidine groups is 1. The molecule has 0 aliphatic carbocycles. The van der Waals surface area contributed by atoms with Crippen LogP contribution in [0.15, 0.2) is 4.99 Å².